The summed E-state index contributed by atoms with van der Waals surface area (Å²) < 4.78 is 27.1. The molecular weight excluding hydrogens is 356 g/mol. The van der Waals surface area contributed by atoms with Crippen LogP contribution in [0, 0.1) is 0 Å². The van der Waals surface area contributed by atoms with Crippen molar-refractivity contribution in [3.05, 3.63) is 32.9 Å². The average Bonchev–Trinajstić information content (AvgIpc) is 2.92. The first-order valence-corrected chi connectivity index (χ1v) is 10.0. The summed E-state index contributed by atoms with van der Waals surface area (Å²) in [4.78, 5) is 9.62. The van der Waals surface area contributed by atoms with Crippen LogP contribution in [0.15, 0.2) is 17.2 Å². The molecule has 0 fully saturated rings. The molecule has 0 aromatic carbocycles. The van der Waals surface area contributed by atoms with Crippen LogP contribution in [0.5, 0.6) is 0 Å². The molecule has 9 heteroatoms. The van der Waals surface area contributed by atoms with Gasteiger partial charge in [-0.3, -0.25) is 0 Å². The predicted octanol–water partition coefficient (Wildman–Crippen LogP) is 2.17. The van der Waals surface area contributed by atoms with Crippen LogP contribution in [-0.4, -0.2) is 24.9 Å². The molecule has 0 amide bonds. The Morgan fingerprint density at radius 2 is 2.13 bits per heavy atom. The zero-order valence-corrected chi connectivity index (χ0v) is 14.8. The molecule has 3 rings (SSSR count). The molecule has 23 heavy (non-hydrogen) atoms. The number of anilines is 1. The van der Waals surface area contributed by atoms with Crippen molar-refractivity contribution in [1.29, 1.82) is 0 Å². The standard InChI is InChI=1S/C14H17ClN4O2S2/c15-9-7-12(14(16)17-8-9)23(20,21)18-6-5-13-19-10-3-1-2-4-11(10)22-13/h7-8,18H,1-6H2,(H2,16,17). The highest BCUT2D eigenvalue weighted by Gasteiger charge is 2.19. The molecule has 1 aliphatic rings. The lowest BCUT2D eigenvalue weighted by Crippen LogP contribution is -2.27. The van der Waals surface area contributed by atoms with Crippen molar-refractivity contribution in [2.24, 2.45) is 0 Å². The summed E-state index contributed by atoms with van der Waals surface area (Å²) >= 11 is 7.48. The van der Waals surface area contributed by atoms with E-state index in [1.807, 2.05) is 0 Å². The van der Waals surface area contributed by atoms with E-state index in [1.165, 1.54) is 35.7 Å². The molecule has 6 nitrogen and oxygen atoms in total. The number of hydrogen-bond acceptors (Lipinski definition) is 6. The molecular formula is C14H17ClN4O2S2. The Balaban J connectivity index is 1.65. The number of halogens is 1. The molecule has 0 bridgehead atoms. The number of hydrogen-bond donors (Lipinski definition) is 2. The third kappa shape index (κ3) is 3.82. The summed E-state index contributed by atoms with van der Waals surface area (Å²) in [6.45, 7) is 0.265. The van der Waals surface area contributed by atoms with Crippen LogP contribution in [0.1, 0.15) is 28.4 Å². The average molecular weight is 373 g/mol. The Labute approximate surface area is 144 Å². The van der Waals surface area contributed by atoms with Crippen molar-refractivity contribution >= 4 is 38.8 Å². The fourth-order valence-electron chi connectivity index (χ4n) is 2.53. The quantitative estimate of drug-likeness (QED) is 0.838. The maximum Gasteiger partial charge on any atom is 0.244 e. The number of nitrogens with two attached hydrogens (primary N) is 1. The molecule has 0 spiro atoms. The zero-order chi connectivity index (χ0) is 16.4. The lowest BCUT2D eigenvalue weighted by Gasteiger charge is -2.08. The first-order valence-electron chi connectivity index (χ1n) is 7.34. The number of nitrogens with one attached hydrogen (secondary N) is 1. The van der Waals surface area contributed by atoms with Crippen LogP contribution >= 0.6 is 22.9 Å². The molecule has 0 saturated carbocycles. The van der Waals surface area contributed by atoms with Crippen LogP contribution in [-0.2, 0) is 29.3 Å². The van der Waals surface area contributed by atoms with Crippen molar-refractivity contribution in [1.82, 2.24) is 14.7 Å². The molecule has 0 atom stereocenters. The second-order valence-electron chi connectivity index (χ2n) is 5.37. The van der Waals surface area contributed by atoms with E-state index in [4.69, 9.17) is 17.3 Å². The molecule has 1 aliphatic carbocycles. The molecule has 0 unspecified atom stereocenters. The number of aryl methyl sites for hydroxylation is 2. The van der Waals surface area contributed by atoms with E-state index < -0.39 is 10.0 Å². The van der Waals surface area contributed by atoms with Crippen LogP contribution < -0.4 is 10.5 Å². The number of aromatic nitrogens is 2. The van der Waals surface area contributed by atoms with Gasteiger partial charge in [-0.15, -0.1) is 11.3 Å². The summed E-state index contributed by atoms with van der Waals surface area (Å²) in [6, 6.07) is 1.30. The molecule has 0 saturated heterocycles. The maximum absolute atomic E-state index is 12.3. The lowest BCUT2D eigenvalue weighted by molar-refractivity contribution is 0.581. The highest BCUT2D eigenvalue weighted by molar-refractivity contribution is 7.89. The van der Waals surface area contributed by atoms with Crippen molar-refractivity contribution < 1.29 is 8.42 Å². The van der Waals surface area contributed by atoms with Crippen LogP contribution in [0.25, 0.3) is 0 Å². The third-order valence-corrected chi connectivity index (χ3v) is 6.57. The van der Waals surface area contributed by atoms with E-state index in [2.05, 4.69) is 14.7 Å². The van der Waals surface area contributed by atoms with Gasteiger partial charge in [0.1, 0.15) is 10.7 Å². The second-order valence-corrected chi connectivity index (χ2v) is 8.71. The minimum atomic E-state index is -3.73. The van der Waals surface area contributed by atoms with Gasteiger partial charge in [0, 0.05) is 24.0 Å². The lowest BCUT2D eigenvalue weighted by atomic mass is 10.0. The van der Waals surface area contributed by atoms with Crippen molar-refractivity contribution in [3.63, 3.8) is 0 Å². The third-order valence-electron chi connectivity index (χ3n) is 3.66. The largest absolute Gasteiger partial charge is 0.383 e. The van der Waals surface area contributed by atoms with Gasteiger partial charge in [0.05, 0.1) is 15.7 Å². The van der Waals surface area contributed by atoms with Crippen LogP contribution in [0.4, 0.5) is 5.82 Å². The van der Waals surface area contributed by atoms with Crippen LogP contribution in [0.2, 0.25) is 5.02 Å². The highest BCUT2D eigenvalue weighted by atomic mass is 35.5. The van der Waals surface area contributed by atoms with E-state index >= 15 is 0 Å². The normalized spacial score (nSPS) is 14.7. The molecule has 3 N–H and O–H groups in total. The van der Waals surface area contributed by atoms with Gasteiger partial charge in [-0.05, 0) is 31.7 Å². The molecule has 2 aromatic rings. The Morgan fingerprint density at radius 1 is 1.35 bits per heavy atom. The van der Waals surface area contributed by atoms with Crippen molar-refractivity contribution in [3.8, 4) is 0 Å². The SMILES string of the molecule is Nc1ncc(Cl)cc1S(=O)(=O)NCCc1nc2c(s1)CCCC2. The van der Waals surface area contributed by atoms with Gasteiger partial charge in [-0.25, -0.2) is 23.1 Å². The van der Waals surface area contributed by atoms with Gasteiger partial charge in [0.15, 0.2) is 0 Å². The monoisotopic (exact) mass is 372 g/mol. The Kier molecular flexibility index (Phi) is 4.86. The van der Waals surface area contributed by atoms with Gasteiger partial charge in [-0.1, -0.05) is 11.6 Å². The van der Waals surface area contributed by atoms with E-state index in [1.54, 1.807) is 11.3 Å². The fraction of sp³-hybridized carbons (Fsp3) is 0.429. The number of thiazole rings is 1. The van der Waals surface area contributed by atoms with E-state index in [0.29, 0.717) is 6.42 Å². The molecule has 0 radical (unpaired) electrons. The van der Waals surface area contributed by atoms with Gasteiger partial charge in [-0.2, -0.15) is 0 Å². The van der Waals surface area contributed by atoms with Crippen molar-refractivity contribution in [2.45, 2.75) is 37.0 Å². The first kappa shape index (κ1) is 16.6. The number of nitrogen functional groups attached to an aromatic ring is 1. The summed E-state index contributed by atoms with van der Waals surface area (Å²) in [7, 11) is -3.73. The maximum atomic E-state index is 12.3. The van der Waals surface area contributed by atoms with E-state index in [0.717, 1.165) is 17.8 Å². The van der Waals surface area contributed by atoms with Gasteiger partial charge >= 0.3 is 0 Å². The second kappa shape index (κ2) is 6.72. The summed E-state index contributed by atoms with van der Waals surface area (Å²) in [5.41, 5.74) is 6.81. The highest BCUT2D eigenvalue weighted by Crippen LogP contribution is 2.27. The molecule has 124 valence electrons. The summed E-state index contributed by atoms with van der Waals surface area (Å²) in [6.07, 6.45) is 6.39. The first-order chi connectivity index (χ1) is 11.0. The van der Waals surface area contributed by atoms with Crippen LogP contribution in [0.3, 0.4) is 0 Å². The van der Waals surface area contributed by atoms with Gasteiger partial charge < -0.3 is 5.73 Å². The van der Waals surface area contributed by atoms with Gasteiger partial charge in [0.25, 0.3) is 0 Å². The number of nitrogens with zero attached hydrogens (tertiary/aromatic N) is 2. The molecule has 0 aliphatic heterocycles. The minimum absolute atomic E-state index is 0.0633. The Morgan fingerprint density at radius 3 is 2.91 bits per heavy atom. The zero-order valence-electron chi connectivity index (χ0n) is 12.4. The predicted molar refractivity (Wildman–Crippen MR) is 91.3 cm³/mol. The smallest absolute Gasteiger partial charge is 0.244 e. The minimum Gasteiger partial charge on any atom is -0.383 e. The number of rotatable bonds is 5. The topological polar surface area (TPSA) is 98.0 Å². The fourth-order valence-corrected chi connectivity index (χ4v) is 5.04. The number of pyridine rings is 1. The number of fused-ring (bicyclic) bond motifs is 1. The summed E-state index contributed by atoms with van der Waals surface area (Å²) in [5, 5.41) is 1.20. The number of sulfonamides is 1. The summed E-state index contributed by atoms with van der Waals surface area (Å²) in [5.74, 6) is -0.0633. The van der Waals surface area contributed by atoms with E-state index in [9.17, 15) is 8.42 Å². The molecule has 2 aromatic heterocycles. The van der Waals surface area contributed by atoms with Gasteiger partial charge in [0.2, 0.25) is 10.0 Å². The Hall–Kier alpha value is -1.22. The molecule has 2 heterocycles. The van der Waals surface area contributed by atoms with E-state index in [-0.39, 0.29) is 22.3 Å². The Bertz CT molecular complexity index is 797. The van der Waals surface area contributed by atoms with Crippen molar-refractivity contribution in [2.75, 3.05) is 12.3 Å².